The van der Waals surface area contributed by atoms with Gasteiger partial charge in [-0.1, -0.05) is 13.8 Å². The molecule has 1 heterocycles. The molecular weight excluding hydrogens is 197 g/mol. The summed E-state index contributed by atoms with van der Waals surface area (Å²) in [6.07, 6.45) is 0. The van der Waals surface area contributed by atoms with E-state index in [0.29, 0.717) is 11.9 Å². The number of nitrogens with two attached hydrogens (primary N) is 1. The third kappa shape index (κ3) is 4.02. The van der Waals surface area contributed by atoms with Gasteiger partial charge in [0, 0.05) is 13.1 Å². The lowest BCUT2D eigenvalue weighted by atomic mass is 10.2. The van der Waals surface area contributed by atoms with Crippen LogP contribution in [0.5, 0.6) is 0 Å². The van der Waals surface area contributed by atoms with Crippen LogP contribution in [0.25, 0.3) is 0 Å². The molecule has 2 N–H and O–H groups in total. The van der Waals surface area contributed by atoms with Crippen molar-refractivity contribution in [2.24, 2.45) is 16.6 Å². The maximum Gasteiger partial charge on any atom is 0.191 e. The molecule has 1 aliphatic heterocycles. The molecule has 0 spiro atoms. The van der Waals surface area contributed by atoms with E-state index in [1.54, 1.807) is 0 Å². The average Bonchev–Trinajstić information content (AvgIpc) is 2.15. The molecule has 0 unspecified atom stereocenters. The monoisotopic (exact) mass is 213 g/mol. The largest absolute Gasteiger partial charge is 0.370 e. The molecule has 0 aromatic heterocycles. The van der Waals surface area contributed by atoms with Gasteiger partial charge in [-0.3, -0.25) is 4.99 Å². The zero-order valence-electron chi connectivity index (χ0n) is 7.49. The highest BCUT2D eigenvalue weighted by atomic mass is 35.5. The molecular formula is C7H17Cl2N3. The highest BCUT2D eigenvalue weighted by Crippen LogP contribution is 2.02. The number of guanidine groups is 1. The van der Waals surface area contributed by atoms with Crippen LogP contribution in [0.3, 0.4) is 0 Å². The van der Waals surface area contributed by atoms with Crippen molar-refractivity contribution >= 4 is 30.8 Å². The zero-order valence-corrected chi connectivity index (χ0v) is 9.12. The number of hydrogen-bond acceptors (Lipinski definition) is 3. The molecule has 0 aromatic carbocycles. The molecule has 0 radical (unpaired) electrons. The van der Waals surface area contributed by atoms with Crippen LogP contribution in [-0.2, 0) is 0 Å². The van der Waals surface area contributed by atoms with Gasteiger partial charge in [0.2, 0.25) is 0 Å². The SMILES string of the molecule is CC(C)CN1CCN=C1N.Cl.Cl. The van der Waals surface area contributed by atoms with Crippen LogP contribution >= 0.6 is 24.8 Å². The highest BCUT2D eigenvalue weighted by Gasteiger charge is 2.13. The average molecular weight is 214 g/mol. The van der Waals surface area contributed by atoms with E-state index >= 15 is 0 Å². The number of aliphatic imine (C=N–C) groups is 1. The quantitative estimate of drug-likeness (QED) is 0.748. The second kappa shape index (κ2) is 6.38. The van der Waals surface area contributed by atoms with Gasteiger partial charge >= 0.3 is 0 Å². The van der Waals surface area contributed by atoms with Crippen molar-refractivity contribution in [2.75, 3.05) is 19.6 Å². The topological polar surface area (TPSA) is 41.6 Å². The van der Waals surface area contributed by atoms with Gasteiger partial charge in [0.05, 0.1) is 6.54 Å². The van der Waals surface area contributed by atoms with E-state index in [9.17, 15) is 0 Å². The minimum absolute atomic E-state index is 0. The van der Waals surface area contributed by atoms with Crippen molar-refractivity contribution in [3.63, 3.8) is 0 Å². The first-order valence-electron chi connectivity index (χ1n) is 3.75. The van der Waals surface area contributed by atoms with Crippen molar-refractivity contribution in [3.05, 3.63) is 0 Å². The summed E-state index contributed by atoms with van der Waals surface area (Å²) >= 11 is 0. The smallest absolute Gasteiger partial charge is 0.191 e. The minimum atomic E-state index is 0. The first-order chi connectivity index (χ1) is 4.70. The lowest BCUT2D eigenvalue weighted by Gasteiger charge is -2.19. The second-order valence-corrected chi connectivity index (χ2v) is 3.08. The summed E-state index contributed by atoms with van der Waals surface area (Å²) in [6, 6.07) is 0. The lowest BCUT2D eigenvalue weighted by molar-refractivity contribution is 0.390. The van der Waals surface area contributed by atoms with E-state index in [1.165, 1.54) is 0 Å². The maximum absolute atomic E-state index is 5.60. The number of nitrogens with zero attached hydrogens (tertiary/aromatic N) is 2. The molecule has 0 saturated carbocycles. The molecule has 12 heavy (non-hydrogen) atoms. The van der Waals surface area contributed by atoms with Crippen LogP contribution in [0.2, 0.25) is 0 Å². The van der Waals surface area contributed by atoms with Gasteiger partial charge in [0.25, 0.3) is 0 Å². The Kier molecular flexibility index (Phi) is 7.64. The Morgan fingerprint density at radius 2 is 2.08 bits per heavy atom. The summed E-state index contributed by atoms with van der Waals surface area (Å²) < 4.78 is 0. The van der Waals surface area contributed by atoms with Crippen molar-refractivity contribution in [1.29, 1.82) is 0 Å². The van der Waals surface area contributed by atoms with Crippen molar-refractivity contribution < 1.29 is 0 Å². The molecule has 3 nitrogen and oxygen atoms in total. The van der Waals surface area contributed by atoms with Crippen molar-refractivity contribution in [2.45, 2.75) is 13.8 Å². The molecule has 0 aromatic rings. The predicted octanol–water partition coefficient (Wildman–Crippen LogP) is 1.12. The summed E-state index contributed by atoms with van der Waals surface area (Å²) in [6.45, 7) is 7.29. The van der Waals surface area contributed by atoms with E-state index in [4.69, 9.17) is 5.73 Å². The number of rotatable bonds is 2. The number of halogens is 2. The van der Waals surface area contributed by atoms with E-state index in [1.807, 2.05) is 0 Å². The molecule has 1 aliphatic rings. The van der Waals surface area contributed by atoms with Gasteiger partial charge in [0.15, 0.2) is 5.96 Å². The van der Waals surface area contributed by atoms with Crippen LogP contribution < -0.4 is 5.73 Å². The van der Waals surface area contributed by atoms with Gasteiger partial charge in [-0.25, -0.2) is 0 Å². The fourth-order valence-corrected chi connectivity index (χ4v) is 1.13. The van der Waals surface area contributed by atoms with Crippen molar-refractivity contribution in [1.82, 2.24) is 4.90 Å². The Labute approximate surface area is 86.2 Å². The third-order valence-corrected chi connectivity index (χ3v) is 1.55. The third-order valence-electron chi connectivity index (χ3n) is 1.55. The summed E-state index contributed by atoms with van der Waals surface area (Å²) in [5.74, 6) is 1.39. The number of hydrogen-bond donors (Lipinski definition) is 1. The molecule has 0 bridgehead atoms. The Hall–Kier alpha value is -0.150. The van der Waals surface area contributed by atoms with E-state index in [0.717, 1.165) is 19.6 Å². The van der Waals surface area contributed by atoms with E-state index in [2.05, 4.69) is 23.7 Å². The molecule has 0 atom stereocenters. The lowest BCUT2D eigenvalue weighted by Crippen LogP contribution is -2.36. The Morgan fingerprint density at radius 3 is 2.42 bits per heavy atom. The Morgan fingerprint density at radius 1 is 1.50 bits per heavy atom. The molecule has 0 fully saturated rings. The standard InChI is InChI=1S/C7H15N3.2ClH/c1-6(2)5-10-4-3-9-7(10)8;;/h6H,3-5H2,1-2H3,(H2,8,9);2*1H. The van der Waals surface area contributed by atoms with Crippen LogP contribution in [-0.4, -0.2) is 30.5 Å². The van der Waals surface area contributed by atoms with Crippen LogP contribution in [0.15, 0.2) is 4.99 Å². The van der Waals surface area contributed by atoms with Crippen LogP contribution in [0, 0.1) is 5.92 Å². The summed E-state index contributed by atoms with van der Waals surface area (Å²) in [7, 11) is 0. The van der Waals surface area contributed by atoms with Gasteiger partial charge in [-0.05, 0) is 5.92 Å². The molecule has 0 saturated heterocycles. The second-order valence-electron chi connectivity index (χ2n) is 3.08. The molecule has 1 rings (SSSR count). The Bertz CT molecular complexity index is 148. The Balaban J connectivity index is 0. The minimum Gasteiger partial charge on any atom is -0.370 e. The predicted molar refractivity (Wildman–Crippen MR) is 57.4 cm³/mol. The molecule has 0 amide bonds. The summed E-state index contributed by atoms with van der Waals surface area (Å²) in [4.78, 5) is 6.22. The molecule has 0 aliphatic carbocycles. The van der Waals surface area contributed by atoms with Gasteiger partial charge in [-0.15, -0.1) is 24.8 Å². The van der Waals surface area contributed by atoms with E-state index in [-0.39, 0.29) is 24.8 Å². The van der Waals surface area contributed by atoms with Gasteiger partial charge in [-0.2, -0.15) is 0 Å². The highest BCUT2D eigenvalue weighted by molar-refractivity contribution is 5.85. The van der Waals surface area contributed by atoms with Crippen LogP contribution in [0.1, 0.15) is 13.8 Å². The van der Waals surface area contributed by atoms with Crippen LogP contribution in [0.4, 0.5) is 0 Å². The fraction of sp³-hybridized carbons (Fsp3) is 0.857. The molecule has 5 heteroatoms. The summed E-state index contributed by atoms with van der Waals surface area (Å²) in [5.41, 5.74) is 5.60. The normalized spacial score (nSPS) is 15.2. The summed E-state index contributed by atoms with van der Waals surface area (Å²) in [5, 5.41) is 0. The fourth-order valence-electron chi connectivity index (χ4n) is 1.13. The van der Waals surface area contributed by atoms with Crippen molar-refractivity contribution in [3.8, 4) is 0 Å². The maximum atomic E-state index is 5.60. The van der Waals surface area contributed by atoms with E-state index < -0.39 is 0 Å². The first-order valence-corrected chi connectivity index (χ1v) is 3.75. The molecule has 74 valence electrons. The van der Waals surface area contributed by atoms with Gasteiger partial charge in [0.1, 0.15) is 0 Å². The first kappa shape index (κ1) is 14.4. The zero-order chi connectivity index (χ0) is 7.56. The van der Waals surface area contributed by atoms with Gasteiger partial charge < -0.3 is 10.6 Å².